The van der Waals surface area contributed by atoms with Gasteiger partial charge in [-0.2, -0.15) is 0 Å². The van der Waals surface area contributed by atoms with Gasteiger partial charge in [0.15, 0.2) is 0 Å². The lowest BCUT2D eigenvalue weighted by molar-refractivity contribution is -0.142. The number of amides is 1. The summed E-state index contributed by atoms with van der Waals surface area (Å²) in [7, 11) is 4.60. The van der Waals surface area contributed by atoms with Gasteiger partial charge in [-0.1, -0.05) is 12.1 Å². The quantitative estimate of drug-likeness (QED) is 0.516. The number of pyridine rings is 1. The van der Waals surface area contributed by atoms with Crippen molar-refractivity contribution in [1.82, 2.24) is 24.9 Å². The molecule has 0 aromatic carbocycles. The lowest BCUT2D eigenvalue weighted by atomic mass is 9.91. The molecule has 35 heavy (non-hydrogen) atoms. The summed E-state index contributed by atoms with van der Waals surface area (Å²) in [6.45, 7) is 4.08. The Bertz CT molecular complexity index is 1060. The van der Waals surface area contributed by atoms with E-state index in [9.17, 15) is 18.4 Å². The number of carbonyl (C=O) groups is 2. The fourth-order valence-electron chi connectivity index (χ4n) is 4.27. The van der Waals surface area contributed by atoms with Gasteiger partial charge >= 0.3 is 12.1 Å². The van der Waals surface area contributed by atoms with E-state index in [1.807, 2.05) is 6.92 Å². The van der Waals surface area contributed by atoms with E-state index in [2.05, 4.69) is 20.0 Å². The van der Waals surface area contributed by atoms with Crippen molar-refractivity contribution in [3.05, 3.63) is 23.5 Å². The third kappa shape index (κ3) is 6.43. The molecule has 0 bridgehead atoms. The monoisotopic (exact) mass is 494 g/mol. The smallest absolute Gasteiger partial charge is 0.409 e. The molecule has 192 valence electrons. The predicted molar refractivity (Wildman–Crippen MR) is 124 cm³/mol. The van der Waals surface area contributed by atoms with Crippen LogP contribution in [0.5, 0.6) is 0 Å². The Kier molecular flexibility index (Phi) is 8.23. The summed E-state index contributed by atoms with van der Waals surface area (Å²) in [5.74, 6) is -3.97. The van der Waals surface area contributed by atoms with Crippen molar-refractivity contribution in [2.45, 2.75) is 45.6 Å². The number of methoxy groups -OCH3 is 1. The van der Waals surface area contributed by atoms with Gasteiger partial charge in [-0.05, 0) is 31.4 Å². The van der Waals surface area contributed by atoms with Crippen LogP contribution in [0, 0.1) is 12.8 Å². The van der Waals surface area contributed by atoms with Crippen LogP contribution in [-0.4, -0.2) is 76.7 Å². The molecule has 3 rings (SSSR count). The fraction of sp³-hybridized carbons (Fsp3) is 0.609. The van der Waals surface area contributed by atoms with Gasteiger partial charge in [-0.25, -0.2) is 23.2 Å². The van der Waals surface area contributed by atoms with E-state index in [0.717, 1.165) is 6.42 Å². The first-order chi connectivity index (χ1) is 16.5. The largest absolute Gasteiger partial charge is 0.469 e. The molecule has 2 aromatic heterocycles. The zero-order chi connectivity index (χ0) is 25.8. The summed E-state index contributed by atoms with van der Waals surface area (Å²) in [5, 5.41) is 8.19. The number of nitrogens with zero attached hydrogens (tertiary/aromatic N) is 6. The molecule has 0 unspecified atom stereocenters. The first-order valence-electron chi connectivity index (χ1n) is 11.5. The number of aromatic nitrogens is 4. The minimum absolute atomic E-state index is 0.0399. The number of carbonyl (C=O) groups excluding carboxylic acids is 2. The second kappa shape index (κ2) is 11.0. The van der Waals surface area contributed by atoms with Gasteiger partial charge in [0.05, 0.1) is 37.2 Å². The molecule has 2 aromatic rings. The molecule has 0 aliphatic carbocycles. The molecule has 3 heterocycles. The average Bonchev–Trinajstić information content (AvgIpc) is 3.16. The first-order valence-corrected chi connectivity index (χ1v) is 11.5. The number of ether oxygens (including phenoxy) is 2. The Morgan fingerprint density at radius 2 is 2.06 bits per heavy atom. The maximum atomic E-state index is 14.5. The molecule has 1 saturated heterocycles. The highest BCUT2D eigenvalue weighted by atomic mass is 19.3. The first kappa shape index (κ1) is 26.3. The molecular formula is C23H32F2N6O4. The van der Waals surface area contributed by atoms with Crippen LogP contribution >= 0.6 is 0 Å². The number of hydrogen-bond acceptors (Lipinski definition) is 8. The Hall–Kier alpha value is -3.31. The minimum atomic E-state index is -2.94. The molecule has 1 aliphatic heterocycles. The van der Waals surface area contributed by atoms with Crippen LogP contribution in [0.3, 0.4) is 0 Å². The number of piperidine rings is 1. The number of alkyl halides is 2. The Labute approximate surface area is 203 Å². The summed E-state index contributed by atoms with van der Waals surface area (Å²) in [5.41, 5.74) is 2.59. The minimum Gasteiger partial charge on any atom is -0.469 e. The summed E-state index contributed by atoms with van der Waals surface area (Å²) >= 11 is 0. The van der Waals surface area contributed by atoms with Crippen LogP contribution in [0.2, 0.25) is 0 Å². The Morgan fingerprint density at radius 1 is 1.31 bits per heavy atom. The third-order valence-electron chi connectivity index (χ3n) is 5.96. The summed E-state index contributed by atoms with van der Waals surface area (Å²) in [4.78, 5) is 31.5. The van der Waals surface area contributed by atoms with E-state index in [1.165, 1.54) is 16.7 Å². The van der Waals surface area contributed by atoms with Gasteiger partial charge in [0.1, 0.15) is 18.0 Å². The van der Waals surface area contributed by atoms with E-state index in [1.54, 1.807) is 38.1 Å². The van der Waals surface area contributed by atoms with Crippen molar-refractivity contribution >= 4 is 17.7 Å². The number of aryl methyl sites for hydroxylation is 2. The fourth-order valence-corrected chi connectivity index (χ4v) is 4.27. The summed E-state index contributed by atoms with van der Waals surface area (Å²) in [6, 6.07) is 3.40. The topological polar surface area (TPSA) is 103 Å². The normalized spacial score (nSPS) is 17.2. The van der Waals surface area contributed by atoms with E-state index in [-0.39, 0.29) is 19.4 Å². The molecule has 0 spiro atoms. The van der Waals surface area contributed by atoms with Crippen molar-refractivity contribution in [2.75, 3.05) is 38.7 Å². The standard InChI is InChI=1S/C23H32F2N6O4/c1-6-9-29(3)22(33)35-13-19-21(27-28-30(19)4)17-7-8-18(15(2)26-17)31-12-16(10-20(32)34-5)11-23(24,25)14-31/h7-8,16H,6,9-14H2,1-5H3/t16-/m0/s1. The molecule has 1 amide bonds. The van der Waals surface area contributed by atoms with Crippen LogP contribution in [0.25, 0.3) is 11.4 Å². The second-order valence-corrected chi connectivity index (χ2v) is 8.87. The Morgan fingerprint density at radius 3 is 2.71 bits per heavy atom. The van der Waals surface area contributed by atoms with E-state index < -0.39 is 30.4 Å². The predicted octanol–water partition coefficient (Wildman–Crippen LogP) is 3.19. The van der Waals surface area contributed by atoms with Crippen molar-refractivity contribution in [2.24, 2.45) is 13.0 Å². The van der Waals surface area contributed by atoms with Gasteiger partial charge in [-0.15, -0.1) is 5.10 Å². The van der Waals surface area contributed by atoms with Crippen molar-refractivity contribution in [3.63, 3.8) is 0 Å². The molecule has 1 aliphatic rings. The van der Waals surface area contributed by atoms with Crippen LogP contribution in [0.15, 0.2) is 12.1 Å². The molecule has 1 atom stereocenters. The van der Waals surface area contributed by atoms with Gasteiger partial charge in [0, 0.05) is 33.6 Å². The molecular weight excluding hydrogens is 462 g/mol. The van der Waals surface area contributed by atoms with Crippen LogP contribution in [0.1, 0.15) is 37.6 Å². The molecule has 0 radical (unpaired) electrons. The molecule has 0 N–H and O–H groups in total. The molecule has 1 fully saturated rings. The number of anilines is 1. The van der Waals surface area contributed by atoms with Gasteiger partial charge in [0.2, 0.25) is 0 Å². The maximum Gasteiger partial charge on any atom is 0.409 e. The summed E-state index contributed by atoms with van der Waals surface area (Å²) in [6.07, 6.45) is -0.0712. The number of esters is 1. The highest BCUT2D eigenvalue weighted by Crippen LogP contribution is 2.36. The van der Waals surface area contributed by atoms with E-state index in [0.29, 0.717) is 41.6 Å². The van der Waals surface area contributed by atoms with Crippen LogP contribution in [-0.2, 0) is 27.9 Å². The highest BCUT2D eigenvalue weighted by Gasteiger charge is 2.41. The SMILES string of the molecule is CCCN(C)C(=O)OCc1c(-c2ccc(N3C[C@@H](CC(=O)OC)CC(F)(F)C3)c(C)n2)nnn1C. The van der Waals surface area contributed by atoms with Gasteiger partial charge in [0.25, 0.3) is 5.92 Å². The zero-order valence-electron chi connectivity index (χ0n) is 20.8. The van der Waals surface area contributed by atoms with Crippen LogP contribution < -0.4 is 4.90 Å². The lowest BCUT2D eigenvalue weighted by Gasteiger charge is -2.39. The lowest BCUT2D eigenvalue weighted by Crippen LogP contribution is -2.48. The van der Waals surface area contributed by atoms with Gasteiger partial charge < -0.3 is 19.3 Å². The average molecular weight is 495 g/mol. The molecule has 10 nitrogen and oxygen atoms in total. The van der Waals surface area contributed by atoms with Gasteiger partial charge in [-0.3, -0.25) is 4.79 Å². The highest BCUT2D eigenvalue weighted by molar-refractivity contribution is 5.70. The second-order valence-electron chi connectivity index (χ2n) is 8.87. The third-order valence-corrected chi connectivity index (χ3v) is 5.96. The number of halogens is 2. The van der Waals surface area contributed by atoms with Crippen molar-refractivity contribution < 1.29 is 27.8 Å². The molecule has 0 saturated carbocycles. The number of hydrogen-bond donors (Lipinski definition) is 0. The summed E-state index contributed by atoms with van der Waals surface area (Å²) < 4.78 is 40.5. The zero-order valence-corrected chi connectivity index (χ0v) is 20.8. The maximum absolute atomic E-state index is 14.5. The van der Waals surface area contributed by atoms with Crippen molar-refractivity contribution in [1.29, 1.82) is 0 Å². The Balaban J connectivity index is 1.80. The van der Waals surface area contributed by atoms with E-state index >= 15 is 0 Å². The van der Waals surface area contributed by atoms with E-state index in [4.69, 9.17) is 4.74 Å². The number of rotatable bonds is 8. The van der Waals surface area contributed by atoms with Crippen molar-refractivity contribution in [3.8, 4) is 11.4 Å². The van der Waals surface area contributed by atoms with Crippen LogP contribution in [0.4, 0.5) is 19.3 Å². The molecule has 12 heteroatoms.